The van der Waals surface area contributed by atoms with E-state index >= 15 is 0 Å². The molecule has 7 nitrogen and oxygen atoms in total. The molecule has 30 heavy (non-hydrogen) atoms. The van der Waals surface area contributed by atoms with Crippen LogP contribution in [-0.4, -0.2) is 77.7 Å². The average Bonchev–Trinajstić information content (AvgIpc) is 3.08. The summed E-state index contributed by atoms with van der Waals surface area (Å²) in [5.74, 6) is 2.22. The zero-order valence-corrected chi connectivity index (χ0v) is 18.1. The number of carbonyl (C=O) groups excluding carboxylic acids is 1. The molecule has 5 rings (SSSR count). The largest absolute Gasteiger partial charge is 0.383 e. The van der Waals surface area contributed by atoms with Crippen LogP contribution in [-0.2, 0) is 11.8 Å². The van der Waals surface area contributed by atoms with Crippen LogP contribution in [0.25, 0.3) is 11.0 Å². The maximum absolute atomic E-state index is 13.4. The smallest absolute Gasteiger partial charge is 0.253 e. The monoisotopic (exact) mass is 411 g/mol. The lowest BCUT2D eigenvalue weighted by Gasteiger charge is -2.52. The Morgan fingerprint density at radius 1 is 1.27 bits per heavy atom. The minimum atomic E-state index is 0.162. The van der Waals surface area contributed by atoms with E-state index in [9.17, 15) is 4.79 Å². The van der Waals surface area contributed by atoms with Gasteiger partial charge in [0.2, 0.25) is 5.95 Å². The number of anilines is 1. The second-order valence-corrected chi connectivity index (χ2v) is 9.25. The van der Waals surface area contributed by atoms with Gasteiger partial charge in [-0.05, 0) is 55.8 Å². The topological polar surface area (TPSA) is 62.6 Å². The number of fused-ring (bicyclic) bond motifs is 5. The number of hydrogen-bond acceptors (Lipinski definition) is 5. The highest BCUT2D eigenvalue weighted by molar-refractivity contribution is 5.97. The number of imidazole rings is 1. The molecule has 3 atom stereocenters. The van der Waals surface area contributed by atoms with Crippen LogP contribution in [0.2, 0.25) is 0 Å². The Kier molecular flexibility index (Phi) is 5.41. The van der Waals surface area contributed by atoms with Crippen LogP contribution < -0.4 is 5.32 Å². The molecule has 3 aliphatic rings. The van der Waals surface area contributed by atoms with Gasteiger partial charge in [0.25, 0.3) is 5.91 Å². The summed E-state index contributed by atoms with van der Waals surface area (Å²) < 4.78 is 7.14. The van der Waals surface area contributed by atoms with E-state index in [0.717, 1.165) is 35.6 Å². The van der Waals surface area contributed by atoms with E-state index in [1.54, 1.807) is 7.11 Å². The molecule has 1 amide bonds. The molecule has 0 spiro atoms. The van der Waals surface area contributed by atoms with Crippen LogP contribution >= 0.6 is 0 Å². The third-order valence-corrected chi connectivity index (χ3v) is 7.27. The summed E-state index contributed by atoms with van der Waals surface area (Å²) in [6.45, 7) is 5.55. The Labute approximate surface area is 178 Å². The number of piperidine rings is 3. The summed E-state index contributed by atoms with van der Waals surface area (Å²) in [5, 5.41) is 3.30. The lowest BCUT2D eigenvalue weighted by molar-refractivity contribution is -0.0243. The number of benzene rings is 1. The predicted molar refractivity (Wildman–Crippen MR) is 118 cm³/mol. The Bertz CT molecular complexity index is 926. The molecule has 1 aromatic heterocycles. The Balaban J connectivity index is 1.33. The maximum Gasteiger partial charge on any atom is 0.253 e. The van der Waals surface area contributed by atoms with Gasteiger partial charge < -0.3 is 19.5 Å². The Hall–Kier alpha value is -2.12. The van der Waals surface area contributed by atoms with Gasteiger partial charge in [0, 0.05) is 51.9 Å². The standard InChI is InChI=1S/C23H33N5O2/c1-26-21-7-6-17(12-19(21)25-23(26)24-8-10-30-2)22(29)28-14-16-11-18(15-28)20-5-3-4-9-27(20)13-16/h6-7,12,16,18,20H,3-5,8-11,13-15H2,1-2H3,(H,24,25)/t16-,18-,20+/m1/s1. The van der Waals surface area contributed by atoms with E-state index in [1.165, 1.54) is 38.8 Å². The van der Waals surface area contributed by atoms with Crippen molar-refractivity contribution in [3.05, 3.63) is 23.8 Å². The van der Waals surface area contributed by atoms with Gasteiger partial charge >= 0.3 is 0 Å². The minimum Gasteiger partial charge on any atom is -0.383 e. The van der Waals surface area contributed by atoms with E-state index < -0.39 is 0 Å². The van der Waals surface area contributed by atoms with Gasteiger partial charge in [-0.2, -0.15) is 0 Å². The van der Waals surface area contributed by atoms with Gasteiger partial charge in [0.1, 0.15) is 0 Å². The number of rotatable bonds is 5. The molecule has 0 radical (unpaired) electrons. The van der Waals surface area contributed by atoms with E-state index in [4.69, 9.17) is 9.72 Å². The third-order valence-electron chi connectivity index (χ3n) is 7.27. The van der Waals surface area contributed by atoms with Gasteiger partial charge in [-0.15, -0.1) is 0 Å². The summed E-state index contributed by atoms with van der Waals surface area (Å²) in [4.78, 5) is 22.9. The van der Waals surface area contributed by atoms with Gasteiger partial charge in [0.05, 0.1) is 17.6 Å². The van der Waals surface area contributed by atoms with Gasteiger partial charge in [-0.3, -0.25) is 9.69 Å². The van der Waals surface area contributed by atoms with Crippen molar-refractivity contribution in [1.29, 1.82) is 0 Å². The molecule has 162 valence electrons. The van der Waals surface area contributed by atoms with Gasteiger partial charge in [-0.1, -0.05) is 6.42 Å². The fraction of sp³-hybridized carbons (Fsp3) is 0.652. The molecule has 3 aliphatic heterocycles. The first-order valence-corrected chi connectivity index (χ1v) is 11.4. The number of amides is 1. The van der Waals surface area contributed by atoms with E-state index in [0.29, 0.717) is 31.0 Å². The van der Waals surface area contributed by atoms with Gasteiger partial charge in [0.15, 0.2) is 0 Å². The minimum absolute atomic E-state index is 0.162. The molecule has 0 unspecified atom stereocenters. The quantitative estimate of drug-likeness (QED) is 0.767. The predicted octanol–water partition coefficient (Wildman–Crippen LogP) is 2.58. The van der Waals surface area contributed by atoms with Crippen LogP contribution in [0.4, 0.5) is 5.95 Å². The van der Waals surface area contributed by atoms with Gasteiger partial charge in [-0.25, -0.2) is 4.98 Å². The SMILES string of the molecule is COCCNc1nc2cc(C(=O)N3C[C@@H]4C[C@H](C3)[C@@H]3CCCCN3C4)ccc2n1C. The van der Waals surface area contributed by atoms with Crippen molar-refractivity contribution in [2.45, 2.75) is 31.7 Å². The van der Waals surface area contributed by atoms with Crippen LogP contribution in [0, 0.1) is 11.8 Å². The second-order valence-electron chi connectivity index (χ2n) is 9.25. The number of likely N-dealkylation sites (tertiary alicyclic amines) is 1. The van der Waals surface area contributed by atoms with Crippen molar-refractivity contribution >= 4 is 22.9 Å². The fourth-order valence-electron chi connectivity index (χ4n) is 5.87. The first-order valence-electron chi connectivity index (χ1n) is 11.4. The molecule has 0 saturated carbocycles. The number of aryl methyl sites for hydroxylation is 1. The number of nitrogens with zero attached hydrogens (tertiary/aromatic N) is 4. The molecule has 2 bridgehead atoms. The van der Waals surface area contributed by atoms with E-state index in [1.807, 2.05) is 29.8 Å². The first kappa shape index (κ1) is 19.8. The second kappa shape index (κ2) is 8.19. The van der Waals surface area contributed by atoms with Crippen molar-refractivity contribution in [2.24, 2.45) is 18.9 Å². The highest BCUT2D eigenvalue weighted by Gasteiger charge is 2.42. The lowest BCUT2D eigenvalue weighted by atomic mass is 9.76. The summed E-state index contributed by atoms with van der Waals surface area (Å²) in [5.41, 5.74) is 2.64. The summed E-state index contributed by atoms with van der Waals surface area (Å²) in [7, 11) is 3.68. The molecule has 0 aliphatic carbocycles. The number of hydrogen-bond donors (Lipinski definition) is 1. The van der Waals surface area contributed by atoms with Crippen LogP contribution in [0.5, 0.6) is 0 Å². The average molecular weight is 412 g/mol. The summed E-state index contributed by atoms with van der Waals surface area (Å²) in [6, 6.07) is 6.62. The maximum atomic E-state index is 13.4. The number of carbonyl (C=O) groups is 1. The highest BCUT2D eigenvalue weighted by atomic mass is 16.5. The number of methoxy groups -OCH3 is 1. The Morgan fingerprint density at radius 3 is 3.03 bits per heavy atom. The van der Waals surface area contributed by atoms with Crippen molar-refractivity contribution < 1.29 is 9.53 Å². The molecular weight excluding hydrogens is 378 g/mol. The molecule has 1 N–H and O–H groups in total. The van der Waals surface area contributed by atoms with Crippen molar-refractivity contribution in [2.75, 3.05) is 51.8 Å². The number of ether oxygens (including phenoxy) is 1. The molecule has 4 heterocycles. The highest BCUT2D eigenvalue weighted by Crippen LogP contribution is 2.37. The third kappa shape index (κ3) is 3.58. The van der Waals surface area contributed by atoms with Crippen molar-refractivity contribution in [3.63, 3.8) is 0 Å². The lowest BCUT2D eigenvalue weighted by Crippen LogP contribution is -2.59. The van der Waals surface area contributed by atoms with Crippen LogP contribution in [0.3, 0.4) is 0 Å². The number of aromatic nitrogens is 2. The molecule has 7 heteroatoms. The van der Waals surface area contributed by atoms with Crippen molar-refractivity contribution in [1.82, 2.24) is 19.4 Å². The zero-order valence-electron chi connectivity index (χ0n) is 18.1. The molecule has 3 fully saturated rings. The van der Waals surface area contributed by atoms with E-state index in [2.05, 4.69) is 15.1 Å². The summed E-state index contributed by atoms with van der Waals surface area (Å²) in [6.07, 6.45) is 5.28. The van der Waals surface area contributed by atoms with E-state index in [-0.39, 0.29) is 5.91 Å². The Morgan fingerprint density at radius 2 is 2.17 bits per heavy atom. The van der Waals surface area contributed by atoms with Crippen LogP contribution in [0.1, 0.15) is 36.0 Å². The fourth-order valence-corrected chi connectivity index (χ4v) is 5.87. The number of nitrogens with one attached hydrogen (secondary N) is 1. The van der Waals surface area contributed by atoms with Crippen molar-refractivity contribution in [3.8, 4) is 0 Å². The van der Waals surface area contributed by atoms with Crippen LogP contribution in [0.15, 0.2) is 18.2 Å². The normalized spacial score (nSPS) is 26.6. The molecule has 3 saturated heterocycles. The zero-order chi connectivity index (χ0) is 20.7. The first-order chi connectivity index (χ1) is 14.6. The molecule has 1 aromatic carbocycles. The molecule has 2 aromatic rings. The summed E-state index contributed by atoms with van der Waals surface area (Å²) >= 11 is 0. The molecular formula is C23H33N5O2.